The third-order valence-corrected chi connectivity index (χ3v) is 4.38. The highest BCUT2D eigenvalue weighted by Gasteiger charge is 2.24. The summed E-state index contributed by atoms with van der Waals surface area (Å²) >= 11 is 0. The Kier molecular flexibility index (Phi) is 5.69. The first-order chi connectivity index (χ1) is 10.7. The lowest BCUT2D eigenvalue weighted by atomic mass is 10.0. The van der Waals surface area contributed by atoms with Crippen molar-refractivity contribution in [1.82, 2.24) is 5.32 Å². The van der Waals surface area contributed by atoms with E-state index in [4.69, 9.17) is 4.74 Å². The summed E-state index contributed by atoms with van der Waals surface area (Å²) in [5.74, 6) is 0.755. The van der Waals surface area contributed by atoms with Crippen molar-refractivity contribution < 1.29 is 9.53 Å². The second-order valence-electron chi connectivity index (χ2n) is 7.65. The van der Waals surface area contributed by atoms with Crippen molar-refractivity contribution in [3.63, 3.8) is 0 Å². The number of anilines is 1. The van der Waals surface area contributed by atoms with Crippen LogP contribution in [-0.2, 0) is 4.74 Å². The van der Waals surface area contributed by atoms with Crippen molar-refractivity contribution in [2.24, 2.45) is 5.92 Å². The van der Waals surface area contributed by atoms with E-state index < -0.39 is 11.7 Å². The van der Waals surface area contributed by atoms with Gasteiger partial charge in [0.25, 0.3) is 0 Å². The summed E-state index contributed by atoms with van der Waals surface area (Å²) in [6.45, 7) is 10.1. The maximum absolute atomic E-state index is 11.8. The zero-order valence-electron chi connectivity index (χ0n) is 15.0. The first-order valence-corrected chi connectivity index (χ1v) is 8.60. The molecular formula is C19H30N2O2. The quantitative estimate of drug-likeness (QED) is 0.832. The topological polar surface area (TPSA) is 50.4 Å². The van der Waals surface area contributed by atoms with Crippen LogP contribution in [0.25, 0.3) is 0 Å². The van der Waals surface area contributed by atoms with Crippen LogP contribution < -0.4 is 10.6 Å². The van der Waals surface area contributed by atoms with Crippen LogP contribution in [0.5, 0.6) is 0 Å². The number of carbonyl (C=O) groups is 1. The lowest BCUT2D eigenvalue weighted by Crippen LogP contribution is -2.33. The van der Waals surface area contributed by atoms with Gasteiger partial charge < -0.3 is 10.1 Å². The van der Waals surface area contributed by atoms with Crippen molar-refractivity contribution in [1.29, 1.82) is 0 Å². The zero-order chi connectivity index (χ0) is 17.0. The maximum atomic E-state index is 11.8. The summed E-state index contributed by atoms with van der Waals surface area (Å²) < 4.78 is 5.26. The summed E-state index contributed by atoms with van der Waals surface area (Å²) in [7, 11) is 0. The molecule has 1 aliphatic carbocycles. The molecule has 0 radical (unpaired) electrons. The minimum Gasteiger partial charge on any atom is -0.444 e. The molecule has 0 spiro atoms. The highest BCUT2D eigenvalue weighted by Crippen LogP contribution is 2.27. The average molecular weight is 318 g/mol. The number of amides is 1. The first kappa shape index (κ1) is 17.8. The van der Waals surface area contributed by atoms with E-state index in [1.165, 1.54) is 24.8 Å². The second-order valence-corrected chi connectivity index (χ2v) is 7.65. The Morgan fingerprint density at radius 1 is 1.22 bits per heavy atom. The molecule has 0 aromatic heterocycles. The van der Waals surface area contributed by atoms with E-state index in [9.17, 15) is 4.79 Å². The van der Waals surface area contributed by atoms with Crippen molar-refractivity contribution >= 4 is 11.8 Å². The number of ether oxygens (including phenoxy) is 1. The van der Waals surface area contributed by atoms with Crippen LogP contribution in [0.4, 0.5) is 10.5 Å². The molecule has 1 fully saturated rings. The van der Waals surface area contributed by atoms with Gasteiger partial charge in [0.05, 0.1) is 0 Å². The SMILES string of the molecule is CC(NC1CCCC1C)c1ccc(NC(=O)OC(C)(C)C)cc1. The molecule has 1 amide bonds. The Morgan fingerprint density at radius 3 is 2.39 bits per heavy atom. The molecule has 23 heavy (non-hydrogen) atoms. The van der Waals surface area contributed by atoms with E-state index >= 15 is 0 Å². The van der Waals surface area contributed by atoms with Gasteiger partial charge in [0.1, 0.15) is 5.60 Å². The van der Waals surface area contributed by atoms with Gasteiger partial charge in [-0.15, -0.1) is 0 Å². The lowest BCUT2D eigenvalue weighted by molar-refractivity contribution is 0.0636. The van der Waals surface area contributed by atoms with Crippen LogP contribution in [0, 0.1) is 5.92 Å². The number of rotatable bonds is 4. The predicted octanol–water partition coefficient (Wildman–Crippen LogP) is 4.87. The van der Waals surface area contributed by atoms with Gasteiger partial charge in [-0.25, -0.2) is 4.79 Å². The van der Waals surface area contributed by atoms with Gasteiger partial charge in [0.2, 0.25) is 0 Å². The van der Waals surface area contributed by atoms with Crippen LogP contribution >= 0.6 is 0 Å². The van der Waals surface area contributed by atoms with Crippen molar-refractivity contribution in [3.05, 3.63) is 29.8 Å². The molecule has 0 bridgehead atoms. The van der Waals surface area contributed by atoms with E-state index in [1.807, 2.05) is 32.9 Å². The van der Waals surface area contributed by atoms with Gasteiger partial charge in [-0.1, -0.05) is 25.5 Å². The fourth-order valence-corrected chi connectivity index (χ4v) is 3.09. The Bertz CT molecular complexity index is 519. The number of carbonyl (C=O) groups excluding carboxylic acids is 1. The van der Waals surface area contributed by atoms with Gasteiger partial charge in [-0.2, -0.15) is 0 Å². The molecule has 1 aromatic rings. The van der Waals surface area contributed by atoms with Gasteiger partial charge >= 0.3 is 6.09 Å². The summed E-state index contributed by atoms with van der Waals surface area (Å²) in [6, 6.07) is 8.90. The third-order valence-electron chi connectivity index (χ3n) is 4.38. The molecule has 1 aliphatic rings. The number of hydrogen-bond acceptors (Lipinski definition) is 3. The lowest BCUT2D eigenvalue weighted by Gasteiger charge is -2.23. The van der Waals surface area contributed by atoms with Gasteiger partial charge in [0, 0.05) is 17.8 Å². The summed E-state index contributed by atoms with van der Waals surface area (Å²) in [4.78, 5) is 11.8. The molecule has 0 saturated heterocycles. The van der Waals surface area contributed by atoms with E-state index in [-0.39, 0.29) is 0 Å². The monoisotopic (exact) mass is 318 g/mol. The Balaban J connectivity index is 1.89. The molecule has 2 rings (SSSR count). The largest absolute Gasteiger partial charge is 0.444 e. The van der Waals surface area contributed by atoms with Gasteiger partial charge in [-0.3, -0.25) is 5.32 Å². The standard InChI is InChI=1S/C19H30N2O2/c1-13-7-6-8-17(13)20-14(2)15-9-11-16(12-10-15)21-18(22)23-19(3,4)5/h9-14,17,20H,6-8H2,1-5H3,(H,21,22). The summed E-state index contributed by atoms with van der Waals surface area (Å²) in [5, 5.41) is 6.49. The zero-order valence-corrected chi connectivity index (χ0v) is 15.0. The van der Waals surface area contributed by atoms with Crippen LogP contribution in [0.3, 0.4) is 0 Å². The van der Waals surface area contributed by atoms with Crippen molar-refractivity contribution in [2.75, 3.05) is 5.32 Å². The average Bonchev–Trinajstić information content (AvgIpc) is 2.83. The highest BCUT2D eigenvalue weighted by atomic mass is 16.6. The summed E-state index contributed by atoms with van der Waals surface area (Å²) in [6.07, 6.45) is 3.49. The summed E-state index contributed by atoms with van der Waals surface area (Å²) in [5.41, 5.74) is 1.50. The van der Waals surface area contributed by atoms with Crippen LogP contribution in [0.2, 0.25) is 0 Å². The molecule has 4 heteroatoms. The molecule has 1 saturated carbocycles. The van der Waals surface area contributed by atoms with Gasteiger partial charge in [-0.05, 0) is 64.2 Å². The number of benzene rings is 1. The number of hydrogen-bond donors (Lipinski definition) is 2. The Hall–Kier alpha value is -1.55. The minimum absolute atomic E-state index is 0.316. The molecule has 3 atom stereocenters. The molecule has 1 aromatic carbocycles. The van der Waals surface area contributed by atoms with E-state index in [1.54, 1.807) is 0 Å². The molecule has 128 valence electrons. The van der Waals surface area contributed by atoms with E-state index in [2.05, 4.69) is 36.6 Å². The van der Waals surface area contributed by atoms with Crippen LogP contribution in [0.1, 0.15) is 65.5 Å². The van der Waals surface area contributed by atoms with Crippen LogP contribution in [-0.4, -0.2) is 17.7 Å². The first-order valence-electron chi connectivity index (χ1n) is 8.60. The highest BCUT2D eigenvalue weighted by molar-refractivity contribution is 5.84. The molecule has 0 aliphatic heterocycles. The molecule has 0 heterocycles. The molecule has 2 N–H and O–H groups in total. The van der Waals surface area contributed by atoms with Gasteiger partial charge in [0.15, 0.2) is 0 Å². The van der Waals surface area contributed by atoms with E-state index in [0.29, 0.717) is 12.1 Å². The number of nitrogens with one attached hydrogen (secondary N) is 2. The molecular weight excluding hydrogens is 288 g/mol. The fourth-order valence-electron chi connectivity index (χ4n) is 3.09. The fraction of sp³-hybridized carbons (Fsp3) is 0.632. The maximum Gasteiger partial charge on any atom is 0.412 e. The Labute approximate surface area is 140 Å². The smallest absolute Gasteiger partial charge is 0.412 e. The van der Waals surface area contributed by atoms with E-state index in [0.717, 1.165) is 11.6 Å². The third kappa shape index (κ3) is 5.54. The Morgan fingerprint density at radius 2 is 1.87 bits per heavy atom. The minimum atomic E-state index is -0.486. The molecule has 3 unspecified atom stereocenters. The molecule has 4 nitrogen and oxygen atoms in total. The van der Waals surface area contributed by atoms with Crippen LogP contribution in [0.15, 0.2) is 24.3 Å². The van der Waals surface area contributed by atoms with Crippen molar-refractivity contribution in [3.8, 4) is 0 Å². The normalized spacial score (nSPS) is 22.7. The second kappa shape index (κ2) is 7.35. The van der Waals surface area contributed by atoms with Crippen molar-refractivity contribution in [2.45, 2.75) is 71.6 Å². The predicted molar refractivity (Wildman–Crippen MR) is 94.7 cm³/mol.